The van der Waals surface area contributed by atoms with Crippen LogP contribution in [0.4, 0.5) is 35.1 Å². The second kappa shape index (κ2) is 32.9. The molecule has 10 rings (SSSR count). The molecule has 0 bridgehead atoms. The number of hydrogen-bond donors (Lipinski definition) is 5. The number of fused-ring (bicyclic) bond motifs is 2. The number of carboxylic acid groups (broad SMARTS) is 1. The second-order valence-corrected chi connectivity index (χ2v) is 19.7. The van der Waals surface area contributed by atoms with Crippen molar-refractivity contribution in [3.63, 3.8) is 0 Å². The van der Waals surface area contributed by atoms with Gasteiger partial charge in [-0.05, 0) is 112 Å². The highest BCUT2D eigenvalue weighted by Gasteiger charge is 2.28. The van der Waals surface area contributed by atoms with E-state index in [9.17, 15) is 63.9 Å². The number of aromatic amines is 2. The van der Waals surface area contributed by atoms with E-state index in [2.05, 4.69) is 39.9 Å². The van der Waals surface area contributed by atoms with E-state index in [1.54, 1.807) is 64.4 Å². The normalized spacial score (nSPS) is 16.2. The third kappa shape index (κ3) is 20.3. The Bertz CT molecular complexity index is 3200. The van der Waals surface area contributed by atoms with Crippen LogP contribution in [0.2, 0.25) is 0 Å². The minimum absolute atomic E-state index is 0.0838. The summed E-state index contributed by atoms with van der Waals surface area (Å²) in [4.78, 5) is 72.5. The molecule has 6 aromatic rings. The SMILES string of the molecule is FC(F)OC1CCNCC1.O=C(O)c1cc(Cc2n[nH]c(=O)c3ccccc23)ccc1F.O=C(c1cc(Cc2n[nH]c(=O)c3ccccc23)ccc1F)N1CCC(OC(F)F)CC1.O=CN1CCC(O)CC1.O=CN1CCC(OC(F)F)CC1. The Kier molecular flexibility index (Phi) is 25.7. The molecule has 6 heterocycles. The van der Waals surface area contributed by atoms with Crippen LogP contribution in [-0.2, 0) is 36.6 Å². The van der Waals surface area contributed by atoms with Gasteiger partial charge in [-0.25, -0.2) is 23.8 Å². The van der Waals surface area contributed by atoms with Gasteiger partial charge in [-0.3, -0.25) is 24.0 Å². The van der Waals surface area contributed by atoms with E-state index in [1.807, 2.05) is 0 Å². The van der Waals surface area contributed by atoms with Crippen LogP contribution < -0.4 is 16.4 Å². The van der Waals surface area contributed by atoms with Gasteiger partial charge in [0.1, 0.15) is 11.6 Å². The predicted octanol–water partition coefficient (Wildman–Crippen LogP) is 7.27. The van der Waals surface area contributed by atoms with E-state index in [1.165, 1.54) is 29.2 Å². The van der Waals surface area contributed by atoms with Crippen LogP contribution in [0, 0.1) is 11.6 Å². The van der Waals surface area contributed by atoms with Gasteiger partial charge in [0.2, 0.25) is 12.8 Å². The number of carboxylic acids is 1. The third-order valence-electron chi connectivity index (χ3n) is 14.0. The number of carbonyl (C=O) groups excluding carboxylic acids is 3. The van der Waals surface area contributed by atoms with E-state index < -0.39 is 49.4 Å². The topological polar surface area (TPSA) is 250 Å². The highest BCUT2D eigenvalue weighted by Crippen LogP contribution is 2.24. The summed E-state index contributed by atoms with van der Waals surface area (Å²) in [5.74, 6) is -3.25. The maximum atomic E-state index is 14.4. The molecule has 0 spiro atoms. The van der Waals surface area contributed by atoms with Crippen molar-refractivity contribution in [2.24, 2.45) is 0 Å². The quantitative estimate of drug-likeness (QED) is 0.0532. The summed E-state index contributed by atoms with van der Waals surface area (Å²) in [5.41, 5.74) is 1.40. The number of halogens is 8. The number of nitrogens with one attached hydrogen (secondary N) is 3. The fourth-order valence-electron chi connectivity index (χ4n) is 9.53. The molecule has 5 N–H and O–H groups in total. The van der Waals surface area contributed by atoms with E-state index in [4.69, 9.17) is 10.2 Å². The van der Waals surface area contributed by atoms with E-state index in [0.29, 0.717) is 102 Å². The van der Waals surface area contributed by atoms with Crippen LogP contribution in [0.5, 0.6) is 0 Å². The first kappa shape index (κ1) is 65.4. The molecule has 19 nitrogen and oxygen atoms in total. The number of aliphatic hydroxyl groups is 1. The summed E-state index contributed by atoms with van der Waals surface area (Å²) in [7, 11) is 0. The number of piperidine rings is 4. The molecular weight excluding hydrogens is 1120 g/mol. The molecule has 4 fully saturated rings. The standard InChI is InChI=1S/C22H20F3N3O3.C16H11FN2O3.C7H11F2NO2.C6H11F2NO.C6H11NO2/c23-18-6-5-13(12-19-15-3-1-2-4-16(15)20(29)27-26-19)11-17(18)21(30)28-9-7-14(8-10-28)31-22(24)25;17-13-6-5-9(7-12(13)16(21)22)8-14-10-3-1-2-4-11(10)15(20)19-18-14;8-7(9)12-6-1-3-10(5-11)4-2-6;7-6(8)10-5-1-3-9-4-2-5;8-5-7-3-1-6(9)2-4-7/h1-6,11,14,22H,7-10,12H2,(H,27,29);1-7H,8H2,(H,19,20)(H,21,22);5-7H,1-4H2;5-6,9H,1-4H2;5-6,9H,1-4H2. The molecule has 4 aromatic carbocycles. The van der Waals surface area contributed by atoms with Crippen molar-refractivity contribution in [1.29, 1.82) is 0 Å². The minimum Gasteiger partial charge on any atom is -0.478 e. The molecule has 2 aromatic heterocycles. The molecule has 0 unspecified atom stereocenters. The van der Waals surface area contributed by atoms with Gasteiger partial charge in [0, 0.05) is 62.9 Å². The average Bonchev–Trinajstić information content (AvgIpc) is 3.68. The molecule has 3 amide bonds. The highest BCUT2D eigenvalue weighted by molar-refractivity contribution is 5.95. The number of carbonyl (C=O) groups is 4. The Balaban J connectivity index is 0.000000184. The lowest BCUT2D eigenvalue weighted by atomic mass is 10.0. The molecular formula is C57H64F8N8O11. The van der Waals surface area contributed by atoms with Crippen LogP contribution in [0.25, 0.3) is 21.5 Å². The molecule has 0 saturated carbocycles. The number of alkyl halides is 6. The summed E-state index contributed by atoms with van der Waals surface area (Å²) in [5, 5.41) is 36.4. The molecule has 4 aliphatic rings. The Morgan fingerprint density at radius 2 is 0.940 bits per heavy atom. The first-order valence-corrected chi connectivity index (χ1v) is 26.9. The zero-order valence-corrected chi connectivity index (χ0v) is 45.3. The summed E-state index contributed by atoms with van der Waals surface area (Å²) in [6, 6.07) is 22.2. The van der Waals surface area contributed by atoms with Gasteiger partial charge in [0.25, 0.3) is 17.0 Å². The zero-order valence-electron chi connectivity index (χ0n) is 45.3. The number of H-pyrrole nitrogens is 2. The monoisotopic (exact) mass is 1190 g/mol. The van der Waals surface area contributed by atoms with Crippen molar-refractivity contribution in [2.75, 3.05) is 52.4 Å². The second-order valence-electron chi connectivity index (χ2n) is 19.7. The zero-order chi connectivity index (χ0) is 60.7. The lowest BCUT2D eigenvalue weighted by Crippen LogP contribution is -2.41. The van der Waals surface area contributed by atoms with Crippen molar-refractivity contribution in [3.8, 4) is 0 Å². The van der Waals surface area contributed by atoms with Crippen molar-refractivity contribution >= 4 is 46.2 Å². The van der Waals surface area contributed by atoms with Gasteiger partial charge < -0.3 is 44.4 Å². The number of aromatic carboxylic acids is 1. The van der Waals surface area contributed by atoms with Crippen LogP contribution in [-0.4, -0.2) is 167 Å². The lowest BCUT2D eigenvalue weighted by molar-refractivity contribution is -0.173. The van der Waals surface area contributed by atoms with Crippen molar-refractivity contribution < 1.29 is 78.7 Å². The first-order chi connectivity index (χ1) is 40.3. The molecule has 4 aliphatic heterocycles. The fourth-order valence-corrected chi connectivity index (χ4v) is 9.53. The highest BCUT2D eigenvalue weighted by atomic mass is 19.3. The smallest absolute Gasteiger partial charge is 0.345 e. The minimum atomic E-state index is -2.85. The summed E-state index contributed by atoms with van der Waals surface area (Å²) < 4.78 is 112. The van der Waals surface area contributed by atoms with Crippen molar-refractivity contribution in [1.82, 2.24) is 40.4 Å². The van der Waals surface area contributed by atoms with E-state index >= 15 is 0 Å². The molecule has 0 radical (unpaired) electrons. The largest absolute Gasteiger partial charge is 0.478 e. The lowest BCUT2D eigenvalue weighted by Gasteiger charge is -2.31. The number of benzene rings is 4. The maximum absolute atomic E-state index is 14.4. The predicted molar refractivity (Wildman–Crippen MR) is 290 cm³/mol. The summed E-state index contributed by atoms with van der Waals surface area (Å²) in [6.07, 6.45) is 5.15. The summed E-state index contributed by atoms with van der Waals surface area (Å²) >= 11 is 0. The number of aromatic nitrogens is 4. The number of nitrogens with zero attached hydrogens (tertiary/aromatic N) is 5. The van der Waals surface area contributed by atoms with Crippen LogP contribution in [0.15, 0.2) is 94.5 Å². The van der Waals surface area contributed by atoms with Gasteiger partial charge in [0.15, 0.2) is 0 Å². The van der Waals surface area contributed by atoms with Gasteiger partial charge in [-0.1, -0.05) is 48.5 Å². The molecule has 0 aliphatic carbocycles. The third-order valence-corrected chi connectivity index (χ3v) is 14.0. The number of amides is 3. The Morgan fingerprint density at radius 1 is 0.560 bits per heavy atom. The van der Waals surface area contributed by atoms with Gasteiger partial charge in [-0.2, -0.15) is 36.5 Å². The van der Waals surface area contributed by atoms with Gasteiger partial charge in [-0.15, -0.1) is 0 Å². The first-order valence-electron chi connectivity index (χ1n) is 26.9. The molecule has 27 heteroatoms. The van der Waals surface area contributed by atoms with Gasteiger partial charge in [0.05, 0.1) is 57.7 Å². The van der Waals surface area contributed by atoms with Gasteiger partial charge >= 0.3 is 25.8 Å². The maximum Gasteiger partial charge on any atom is 0.345 e. The molecule has 454 valence electrons. The number of hydrogen-bond acceptors (Lipinski definition) is 13. The van der Waals surface area contributed by atoms with E-state index in [0.717, 1.165) is 44.8 Å². The van der Waals surface area contributed by atoms with Crippen LogP contribution in [0.1, 0.15) is 94.6 Å². The Morgan fingerprint density at radius 3 is 1.36 bits per heavy atom. The molecule has 84 heavy (non-hydrogen) atoms. The van der Waals surface area contributed by atoms with Crippen molar-refractivity contribution in [3.05, 3.63) is 151 Å². The van der Waals surface area contributed by atoms with Crippen molar-refractivity contribution in [2.45, 2.75) is 108 Å². The number of aliphatic hydroxyl groups excluding tert-OH is 1. The van der Waals surface area contributed by atoms with Crippen LogP contribution in [0.3, 0.4) is 0 Å². The average molecular weight is 1190 g/mol. The molecule has 0 atom stereocenters. The van der Waals surface area contributed by atoms with Crippen LogP contribution >= 0.6 is 0 Å². The fraction of sp³-hybridized carbons (Fsp3) is 0.439. The number of likely N-dealkylation sites (tertiary alicyclic amines) is 3. The number of rotatable bonds is 14. The van der Waals surface area contributed by atoms with E-state index in [-0.39, 0.29) is 72.9 Å². The Labute approximate surface area is 475 Å². The number of ether oxygens (including phenoxy) is 3. The summed E-state index contributed by atoms with van der Waals surface area (Å²) in [6.45, 7) is -3.69. The Hall–Kier alpha value is -7.72. The molecule has 4 saturated heterocycles.